The summed E-state index contributed by atoms with van der Waals surface area (Å²) < 4.78 is 10.8. The summed E-state index contributed by atoms with van der Waals surface area (Å²) in [6.07, 6.45) is 0.971. The van der Waals surface area contributed by atoms with Crippen LogP contribution in [0.15, 0.2) is 48.5 Å². The molecule has 2 aromatic carbocycles. The second-order valence-corrected chi connectivity index (χ2v) is 7.55. The maximum atomic E-state index is 13.5. The van der Waals surface area contributed by atoms with Crippen molar-refractivity contribution in [1.82, 2.24) is 10.0 Å². The van der Waals surface area contributed by atoms with E-state index < -0.39 is 12.0 Å². The molecule has 0 saturated carbocycles. The molecular weight excluding hydrogens is 370 g/mol. The zero-order chi connectivity index (χ0) is 20.1. The Morgan fingerprint density at radius 2 is 1.52 bits per heavy atom. The van der Waals surface area contributed by atoms with Gasteiger partial charge in [0.1, 0.15) is 17.5 Å². The standard InChI is InChI=1S/C22H23N3O4/c1-28-15-10-8-14(9-11-15)25-21(26)18-19(16-6-3-4-7-17(16)29-2)23-12-5-13-24(23)20(18)22(25)27/h3-4,6-11,18-20H,5,12-13H2,1-2H3/t18-,19-,20-/m0/s1. The van der Waals surface area contributed by atoms with E-state index in [4.69, 9.17) is 9.47 Å². The van der Waals surface area contributed by atoms with E-state index >= 15 is 0 Å². The van der Waals surface area contributed by atoms with E-state index in [0.29, 0.717) is 11.4 Å². The van der Waals surface area contributed by atoms with Crippen LogP contribution in [0, 0.1) is 5.92 Å². The molecule has 0 aromatic heterocycles. The number of benzene rings is 2. The van der Waals surface area contributed by atoms with E-state index in [1.165, 1.54) is 4.90 Å². The number of nitrogens with zero attached hydrogens (tertiary/aromatic N) is 3. The average molecular weight is 393 g/mol. The molecule has 3 heterocycles. The van der Waals surface area contributed by atoms with Crippen molar-refractivity contribution in [2.75, 3.05) is 32.2 Å². The number of carbonyl (C=O) groups excluding carboxylic acids is 2. The van der Waals surface area contributed by atoms with Crippen molar-refractivity contribution >= 4 is 17.5 Å². The van der Waals surface area contributed by atoms with Gasteiger partial charge in [-0.1, -0.05) is 18.2 Å². The topological polar surface area (TPSA) is 62.3 Å². The summed E-state index contributed by atoms with van der Waals surface area (Å²) in [5.74, 6) is 0.657. The van der Waals surface area contributed by atoms with Crippen LogP contribution >= 0.6 is 0 Å². The van der Waals surface area contributed by atoms with Crippen LogP contribution in [0.2, 0.25) is 0 Å². The summed E-state index contributed by atoms with van der Waals surface area (Å²) in [6.45, 7) is 1.61. The summed E-state index contributed by atoms with van der Waals surface area (Å²) in [5.41, 5.74) is 1.53. The van der Waals surface area contributed by atoms with Crippen molar-refractivity contribution in [3.63, 3.8) is 0 Å². The molecule has 0 bridgehead atoms. The summed E-state index contributed by atoms with van der Waals surface area (Å²) in [6, 6.07) is 14.1. The number of para-hydroxylation sites is 1. The van der Waals surface area contributed by atoms with E-state index in [-0.39, 0.29) is 17.9 Å². The fourth-order valence-electron chi connectivity index (χ4n) is 4.98. The summed E-state index contributed by atoms with van der Waals surface area (Å²) >= 11 is 0. The molecule has 3 fully saturated rings. The molecule has 2 amide bonds. The lowest BCUT2D eigenvalue weighted by Gasteiger charge is -2.30. The Labute approximate surface area is 169 Å². The van der Waals surface area contributed by atoms with Crippen LogP contribution in [0.25, 0.3) is 0 Å². The molecule has 0 N–H and O–H groups in total. The Morgan fingerprint density at radius 3 is 2.21 bits per heavy atom. The third-order valence-corrected chi connectivity index (χ3v) is 6.19. The zero-order valence-electron chi connectivity index (χ0n) is 16.4. The Balaban J connectivity index is 1.57. The molecule has 7 heteroatoms. The predicted molar refractivity (Wildman–Crippen MR) is 107 cm³/mol. The highest BCUT2D eigenvalue weighted by atomic mass is 16.5. The van der Waals surface area contributed by atoms with E-state index in [0.717, 1.165) is 30.8 Å². The molecule has 0 radical (unpaired) electrons. The molecular formula is C22H23N3O4. The van der Waals surface area contributed by atoms with Gasteiger partial charge in [0, 0.05) is 18.7 Å². The molecule has 3 saturated heterocycles. The highest BCUT2D eigenvalue weighted by molar-refractivity contribution is 6.24. The van der Waals surface area contributed by atoms with Crippen LogP contribution in [-0.4, -0.2) is 55.2 Å². The number of amides is 2. The number of ether oxygens (including phenoxy) is 2. The number of fused-ring (bicyclic) bond motifs is 3. The van der Waals surface area contributed by atoms with Gasteiger partial charge in [0.05, 0.1) is 31.9 Å². The second-order valence-electron chi connectivity index (χ2n) is 7.55. The highest BCUT2D eigenvalue weighted by Gasteiger charge is 2.63. The van der Waals surface area contributed by atoms with Crippen molar-refractivity contribution in [2.45, 2.75) is 18.5 Å². The SMILES string of the molecule is COc1ccc(N2C(=O)[C@@H]3[C@@H](C2=O)N2CCCN2[C@H]3c2ccccc2OC)cc1. The first-order chi connectivity index (χ1) is 14.2. The zero-order valence-corrected chi connectivity index (χ0v) is 16.4. The molecule has 150 valence electrons. The Morgan fingerprint density at radius 1 is 0.828 bits per heavy atom. The van der Waals surface area contributed by atoms with Gasteiger partial charge in [-0.25, -0.2) is 14.9 Å². The van der Waals surface area contributed by atoms with E-state index in [9.17, 15) is 9.59 Å². The van der Waals surface area contributed by atoms with Crippen LogP contribution in [0.1, 0.15) is 18.0 Å². The number of methoxy groups -OCH3 is 2. The monoisotopic (exact) mass is 393 g/mol. The lowest BCUT2D eigenvalue weighted by Crippen LogP contribution is -2.44. The summed E-state index contributed by atoms with van der Waals surface area (Å²) in [7, 11) is 3.23. The molecule has 0 spiro atoms. The first-order valence-corrected chi connectivity index (χ1v) is 9.83. The average Bonchev–Trinajstić information content (AvgIpc) is 3.40. The van der Waals surface area contributed by atoms with E-state index in [2.05, 4.69) is 10.0 Å². The molecule has 3 aliphatic rings. The minimum Gasteiger partial charge on any atom is -0.497 e. The molecule has 3 aliphatic heterocycles. The number of rotatable bonds is 4. The fraction of sp³-hybridized carbons (Fsp3) is 0.364. The number of anilines is 1. The minimum absolute atomic E-state index is 0.157. The largest absolute Gasteiger partial charge is 0.497 e. The lowest BCUT2D eigenvalue weighted by atomic mass is 9.89. The number of hydrogen-bond acceptors (Lipinski definition) is 6. The van der Waals surface area contributed by atoms with Crippen molar-refractivity contribution in [3.05, 3.63) is 54.1 Å². The molecule has 7 nitrogen and oxygen atoms in total. The van der Waals surface area contributed by atoms with Gasteiger partial charge in [-0.15, -0.1) is 0 Å². The van der Waals surface area contributed by atoms with Gasteiger partial charge in [-0.05, 0) is 36.8 Å². The van der Waals surface area contributed by atoms with Crippen molar-refractivity contribution < 1.29 is 19.1 Å². The van der Waals surface area contributed by atoms with Crippen molar-refractivity contribution in [1.29, 1.82) is 0 Å². The number of imide groups is 1. The number of hydrogen-bond donors (Lipinski definition) is 0. The third kappa shape index (κ3) is 2.58. The Hall–Kier alpha value is -2.90. The van der Waals surface area contributed by atoms with Gasteiger partial charge in [-0.3, -0.25) is 9.59 Å². The van der Waals surface area contributed by atoms with E-state index in [1.807, 2.05) is 24.3 Å². The maximum Gasteiger partial charge on any atom is 0.253 e. The first-order valence-electron chi connectivity index (χ1n) is 9.83. The normalized spacial score (nSPS) is 26.7. The number of carbonyl (C=O) groups is 2. The predicted octanol–water partition coefficient (Wildman–Crippen LogP) is 2.24. The Bertz CT molecular complexity index is 961. The van der Waals surface area contributed by atoms with E-state index in [1.54, 1.807) is 38.5 Å². The molecule has 5 rings (SSSR count). The first kappa shape index (κ1) is 18.1. The van der Waals surface area contributed by atoms with Crippen LogP contribution < -0.4 is 14.4 Å². The smallest absolute Gasteiger partial charge is 0.253 e. The number of hydrazine groups is 1. The van der Waals surface area contributed by atoms with Crippen molar-refractivity contribution in [3.8, 4) is 11.5 Å². The van der Waals surface area contributed by atoms with Gasteiger partial charge >= 0.3 is 0 Å². The molecule has 0 aliphatic carbocycles. The molecule has 2 aromatic rings. The Kier molecular flexibility index (Phi) is 4.29. The fourth-order valence-corrected chi connectivity index (χ4v) is 4.98. The summed E-state index contributed by atoms with van der Waals surface area (Å²) in [4.78, 5) is 28.3. The van der Waals surface area contributed by atoms with Crippen LogP contribution in [0.4, 0.5) is 5.69 Å². The van der Waals surface area contributed by atoms with Gasteiger partial charge in [0.25, 0.3) is 5.91 Å². The van der Waals surface area contributed by atoms with Crippen LogP contribution in [0.5, 0.6) is 11.5 Å². The van der Waals surface area contributed by atoms with Gasteiger partial charge in [-0.2, -0.15) is 0 Å². The van der Waals surface area contributed by atoms with Gasteiger partial charge in [0.2, 0.25) is 5.91 Å². The van der Waals surface area contributed by atoms with Gasteiger partial charge < -0.3 is 9.47 Å². The van der Waals surface area contributed by atoms with Crippen molar-refractivity contribution in [2.24, 2.45) is 5.92 Å². The molecule has 3 atom stereocenters. The highest BCUT2D eigenvalue weighted by Crippen LogP contribution is 2.50. The minimum atomic E-state index is -0.470. The third-order valence-electron chi connectivity index (χ3n) is 6.19. The lowest BCUT2D eigenvalue weighted by molar-refractivity contribution is -0.126. The molecule has 29 heavy (non-hydrogen) atoms. The van der Waals surface area contributed by atoms with Gasteiger partial charge in [0.15, 0.2) is 0 Å². The van der Waals surface area contributed by atoms with Crippen LogP contribution in [0.3, 0.4) is 0 Å². The second kappa shape index (κ2) is 6.86. The molecule has 0 unspecified atom stereocenters. The quantitative estimate of drug-likeness (QED) is 0.743. The summed E-state index contributed by atoms with van der Waals surface area (Å²) in [5, 5.41) is 4.28. The maximum absolute atomic E-state index is 13.5. The van der Waals surface area contributed by atoms with Crippen LogP contribution in [-0.2, 0) is 9.59 Å².